The van der Waals surface area contributed by atoms with Crippen molar-refractivity contribution in [3.05, 3.63) is 25.3 Å². The van der Waals surface area contributed by atoms with Crippen LogP contribution in [0.1, 0.15) is 0 Å². The molecule has 0 spiro atoms. The second-order valence-corrected chi connectivity index (χ2v) is 3.54. The highest BCUT2D eigenvalue weighted by molar-refractivity contribution is 14.1. The molecule has 0 saturated heterocycles. The van der Waals surface area contributed by atoms with Crippen LogP contribution in [-0.2, 0) is 14.3 Å². The number of amides is 1. The van der Waals surface area contributed by atoms with Crippen molar-refractivity contribution in [3.8, 4) is 0 Å². The molecule has 0 bridgehead atoms. The van der Waals surface area contributed by atoms with E-state index < -0.39 is 18.1 Å². The van der Waals surface area contributed by atoms with Gasteiger partial charge in [-0.15, -0.1) is 0 Å². The zero-order valence-corrected chi connectivity index (χ0v) is 10.9. The minimum Gasteiger partial charge on any atom is -0.460 e. The van der Waals surface area contributed by atoms with E-state index in [2.05, 4.69) is 23.2 Å². The first-order valence-corrected chi connectivity index (χ1v) is 6.06. The van der Waals surface area contributed by atoms with E-state index in [9.17, 15) is 9.59 Å². The van der Waals surface area contributed by atoms with Gasteiger partial charge >= 0.3 is 12.1 Å². The van der Waals surface area contributed by atoms with Crippen LogP contribution in [0.5, 0.6) is 0 Å². The third-order valence-corrected chi connectivity index (χ3v) is 2.29. The molecule has 1 atom stereocenters. The number of hydrogen-bond acceptors (Lipinski definition) is 4. The molecule has 6 heteroatoms. The van der Waals surface area contributed by atoms with E-state index in [1.807, 2.05) is 22.6 Å². The highest BCUT2D eigenvalue weighted by Gasteiger charge is 2.21. The Morgan fingerprint density at radius 3 is 2.31 bits per heavy atom. The van der Waals surface area contributed by atoms with Crippen molar-refractivity contribution in [2.75, 3.05) is 17.6 Å². The van der Waals surface area contributed by atoms with E-state index in [1.165, 1.54) is 12.2 Å². The summed E-state index contributed by atoms with van der Waals surface area (Å²) < 4.78 is 9.88. The molecule has 0 aromatic rings. The monoisotopic (exact) mass is 339 g/mol. The zero-order chi connectivity index (χ0) is 12.4. The number of alkyl halides is 1. The van der Waals surface area contributed by atoms with Gasteiger partial charge in [-0.1, -0.05) is 47.9 Å². The molecule has 0 fully saturated rings. The molecule has 16 heavy (non-hydrogen) atoms. The highest BCUT2D eigenvalue weighted by Crippen LogP contribution is 1.97. The zero-order valence-electron chi connectivity index (χ0n) is 8.78. The number of nitrogens with one attached hydrogen (secondary N) is 1. The lowest BCUT2D eigenvalue weighted by atomic mass is 10.3. The third-order valence-electron chi connectivity index (χ3n) is 1.41. The summed E-state index contributed by atoms with van der Waals surface area (Å²) in [6, 6.07) is -0.710. The molecule has 0 aromatic heterocycles. The predicted molar refractivity (Wildman–Crippen MR) is 68.5 cm³/mol. The molecule has 5 nitrogen and oxygen atoms in total. The smallest absolute Gasteiger partial charge is 0.408 e. The maximum absolute atomic E-state index is 11.4. The highest BCUT2D eigenvalue weighted by atomic mass is 127. The van der Waals surface area contributed by atoms with Crippen molar-refractivity contribution < 1.29 is 19.1 Å². The van der Waals surface area contributed by atoms with Gasteiger partial charge in [-0.25, -0.2) is 9.59 Å². The van der Waals surface area contributed by atoms with Gasteiger partial charge in [-0.05, 0) is 0 Å². The molecule has 0 rings (SSSR count). The number of hydrogen-bond donors (Lipinski definition) is 1. The molecule has 0 aromatic carbocycles. The van der Waals surface area contributed by atoms with Crippen molar-refractivity contribution in [1.82, 2.24) is 5.32 Å². The number of carbonyl (C=O) groups excluding carboxylic acids is 2. The molecular weight excluding hydrogens is 325 g/mol. The molecule has 0 radical (unpaired) electrons. The fourth-order valence-corrected chi connectivity index (χ4v) is 1.30. The van der Waals surface area contributed by atoms with E-state index in [4.69, 9.17) is 4.74 Å². The van der Waals surface area contributed by atoms with Crippen LogP contribution in [0, 0.1) is 0 Å². The van der Waals surface area contributed by atoms with E-state index >= 15 is 0 Å². The predicted octanol–water partition coefficient (Wildman–Crippen LogP) is 1.43. The van der Waals surface area contributed by atoms with Gasteiger partial charge in [0.15, 0.2) is 0 Å². The molecule has 0 aliphatic rings. The van der Waals surface area contributed by atoms with Crippen LogP contribution < -0.4 is 5.32 Å². The van der Waals surface area contributed by atoms with Crippen molar-refractivity contribution in [2.45, 2.75) is 6.04 Å². The van der Waals surface area contributed by atoms with Gasteiger partial charge in [-0.3, -0.25) is 0 Å². The van der Waals surface area contributed by atoms with Crippen LogP contribution in [0.25, 0.3) is 0 Å². The van der Waals surface area contributed by atoms with Crippen LogP contribution in [0.3, 0.4) is 0 Å². The Balaban J connectivity index is 4.06. The van der Waals surface area contributed by atoms with E-state index in [0.717, 1.165) is 0 Å². The summed E-state index contributed by atoms with van der Waals surface area (Å²) in [5.41, 5.74) is 0. The average molecular weight is 339 g/mol. The van der Waals surface area contributed by atoms with Crippen LogP contribution in [-0.4, -0.2) is 35.7 Å². The largest absolute Gasteiger partial charge is 0.460 e. The van der Waals surface area contributed by atoms with E-state index in [0.29, 0.717) is 4.43 Å². The Labute approximate surface area is 108 Å². The first-order chi connectivity index (χ1) is 7.65. The second-order valence-electron chi connectivity index (χ2n) is 2.66. The Hall–Kier alpha value is -1.05. The van der Waals surface area contributed by atoms with Crippen molar-refractivity contribution in [3.63, 3.8) is 0 Å². The Morgan fingerprint density at radius 1 is 1.25 bits per heavy atom. The number of ether oxygens (including phenoxy) is 2. The van der Waals surface area contributed by atoms with Gasteiger partial charge in [0.05, 0.1) is 0 Å². The van der Waals surface area contributed by atoms with Gasteiger partial charge in [-0.2, -0.15) is 0 Å². The van der Waals surface area contributed by atoms with Gasteiger partial charge in [0.25, 0.3) is 0 Å². The minimum atomic E-state index is -0.710. The summed E-state index contributed by atoms with van der Waals surface area (Å²) in [5.74, 6) is -0.509. The fourth-order valence-electron chi connectivity index (χ4n) is 0.721. The first-order valence-electron chi connectivity index (χ1n) is 4.53. The fraction of sp³-hybridized carbons (Fsp3) is 0.400. The summed E-state index contributed by atoms with van der Waals surface area (Å²) in [6.07, 6.45) is 2.23. The third kappa shape index (κ3) is 6.44. The number of rotatable bonds is 7. The maximum Gasteiger partial charge on any atom is 0.408 e. The lowest BCUT2D eigenvalue weighted by Crippen LogP contribution is -2.43. The Bertz CT molecular complexity index is 268. The molecule has 0 aliphatic carbocycles. The Morgan fingerprint density at radius 2 is 1.81 bits per heavy atom. The SMILES string of the molecule is C=CCOC(=O)N[C@H](CI)C(=O)OCC=C. The summed E-state index contributed by atoms with van der Waals surface area (Å²) in [5, 5.41) is 2.38. The lowest BCUT2D eigenvalue weighted by molar-refractivity contribution is -0.144. The average Bonchev–Trinajstić information content (AvgIpc) is 2.30. The molecule has 0 saturated carbocycles. The molecule has 0 aliphatic heterocycles. The summed E-state index contributed by atoms with van der Waals surface area (Å²) in [7, 11) is 0. The van der Waals surface area contributed by atoms with Crippen LogP contribution >= 0.6 is 22.6 Å². The number of carbonyl (C=O) groups is 2. The standard InChI is InChI=1S/C10H14INO4/c1-3-5-15-9(13)8(7-11)12-10(14)16-6-4-2/h3-4,8H,1-2,5-7H2,(H,12,14)/t8-/m1/s1. The van der Waals surface area contributed by atoms with Crippen molar-refractivity contribution in [2.24, 2.45) is 0 Å². The quantitative estimate of drug-likeness (QED) is 0.330. The van der Waals surface area contributed by atoms with E-state index in [-0.39, 0.29) is 13.2 Å². The minimum absolute atomic E-state index is 0.0987. The van der Waals surface area contributed by atoms with Crippen molar-refractivity contribution >= 4 is 34.7 Å². The lowest BCUT2D eigenvalue weighted by Gasteiger charge is -2.14. The normalized spacial score (nSPS) is 11.1. The molecule has 0 unspecified atom stereocenters. The first kappa shape index (κ1) is 14.9. The van der Waals surface area contributed by atoms with Crippen LogP contribution in [0.4, 0.5) is 4.79 Å². The molecule has 90 valence electrons. The van der Waals surface area contributed by atoms with Crippen LogP contribution in [0.15, 0.2) is 25.3 Å². The topological polar surface area (TPSA) is 64.6 Å². The van der Waals surface area contributed by atoms with Crippen LogP contribution in [0.2, 0.25) is 0 Å². The number of esters is 1. The maximum atomic E-state index is 11.4. The molecule has 0 heterocycles. The molecular formula is C10H14INO4. The second kappa shape index (κ2) is 9.20. The van der Waals surface area contributed by atoms with Gasteiger partial charge in [0, 0.05) is 4.43 Å². The molecule has 1 N–H and O–H groups in total. The summed E-state index contributed by atoms with van der Waals surface area (Å²) >= 11 is 1.97. The van der Waals surface area contributed by atoms with Crippen molar-refractivity contribution in [1.29, 1.82) is 0 Å². The van der Waals surface area contributed by atoms with E-state index in [1.54, 1.807) is 0 Å². The number of halogens is 1. The summed E-state index contributed by atoms with van der Waals surface area (Å²) in [6.45, 7) is 7.03. The number of alkyl carbamates (subject to hydrolysis) is 1. The Kier molecular flexibility index (Phi) is 8.59. The van der Waals surface area contributed by atoms with Gasteiger partial charge in [0.2, 0.25) is 0 Å². The molecule has 1 amide bonds. The summed E-state index contributed by atoms with van der Waals surface area (Å²) in [4.78, 5) is 22.5. The van der Waals surface area contributed by atoms with Gasteiger partial charge < -0.3 is 14.8 Å². The van der Waals surface area contributed by atoms with Gasteiger partial charge in [0.1, 0.15) is 19.3 Å².